The normalized spacial score (nSPS) is 22.6. The summed E-state index contributed by atoms with van der Waals surface area (Å²) in [4.78, 5) is 29.6. The lowest BCUT2D eigenvalue weighted by molar-refractivity contribution is -0.154. The van der Waals surface area contributed by atoms with E-state index in [0.29, 0.717) is 25.9 Å². The zero-order chi connectivity index (χ0) is 14.0. The van der Waals surface area contributed by atoms with E-state index in [1.807, 2.05) is 14.1 Å². The van der Waals surface area contributed by atoms with Gasteiger partial charge in [-0.3, -0.25) is 14.5 Å². The van der Waals surface area contributed by atoms with Gasteiger partial charge >= 0.3 is 5.97 Å². The average molecular weight is 269 g/mol. The zero-order valence-corrected chi connectivity index (χ0v) is 11.8. The Bertz CT molecular complexity index is 358. The van der Waals surface area contributed by atoms with Crippen LogP contribution in [0.2, 0.25) is 0 Å². The Balaban J connectivity index is 1.80. The molecule has 0 bridgehead atoms. The fourth-order valence-electron chi connectivity index (χ4n) is 2.46. The van der Waals surface area contributed by atoms with Crippen LogP contribution in [-0.4, -0.2) is 85.0 Å². The van der Waals surface area contributed by atoms with E-state index < -0.39 is 11.4 Å². The van der Waals surface area contributed by atoms with Gasteiger partial charge in [-0.25, -0.2) is 0 Å². The fraction of sp³-hybridized carbons (Fsp3) is 0.846. The van der Waals surface area contributed by atoms with E-state index >= 15 is 0 Å². The van der Waals surface area contributed by atoms with Crippen LogP contribution in [0.5, 0.6) is 0 Å². The molecule has 108 valence electrons. The molecule has 2 rings (SSSR count). The Morgan fingerprint density at radius 3 is 2.16 bits per heavy atom. The van der Waals surface area contributed by atoms with Crippen molar-refractivity contribution in [3.8, 4) is 0 Å². The third-order valence-corrected chi connectivity index (χ3v) is 4.09. The summed E-state index contributed by atoms with van der Waals surface area (Å²) in [6, 6.07) is 0. The molecule has 0 atom stereocenters. The molecule has 0 spiro atoms. The molecule has 0 aromatic carbocycles. The lowest BCUT2D eigenvalue weighted by Crippen LogP contribution is -2.52. The molecule has 1 saturated heterocycles. The predicted octanol–water partition coefficient (Wildman–Crippen LogP) is -0.443. The van der Waals surface area contributed by atoms with Crippen LogP contribution in [0.25, 0.3) is 0 Å². The maximum atomic E-state index is 12.2. The van der Waals surface area contributed by atoms with Crippen molar-refractivity contribution in [2.45, 2.75) is 12.8 Å². The zero-order valence-electron chi connectivity index (χ0n) is 11.8. The number of carbonyl (C=O) groups excluding carboxylic acids is 1. The molecule has 2 aliphatic rings. The monoisotopic (exact) mass is 269 g/mol. The van der Waals surface area contributed by atoms with Crippen molar-refractivity contribution >= 4 is 11.9 Å². The van der Waals surface area contributed by atoms with Crippen LogP contribution in [0.3, 0.4) is 0 Å². The topological polar surface area (TPSA) is 64.1 Å². The number of carbonyl (C=O) groups is 2. The summed E-state index contributed by atoms with van der Waals surface area (Å²) < 4.78 is 0. The largest absolute Gasteiger partial charge is 0.480 e. The van der Waals surface area contributed by atoms with Crippen molar-refractivity contribution in [2.75, 3.05) is 53.4 Å². The van der Waals surface area contributed by atoms with Gasteiger partial charge in [-0.1, -0.05) is 0 Å². The van der Waals surface area contributed by atoms with Gasteiger partial charge in [0, 0.05) is 39.3 Å². The molecule has 1 amide bonds. The van der Waals surface area contributed by atoms with Gasteiger partial charge < -0.3 is 14.9 Å². The van der Waals surface area contributed by atoms with Crippen LogP contribution in [-0.2, 0) is 9.59 Å². The van der Waals surface area contributed by atoms with Crippen molar-refractivity contribution in [2.24, 2.45) is 5.41 Å². The highest BCUT2D eigenvalue weighted by molar-refractivity contribution is 6.04. The molecule has 1 aliphatic heterocycles. The van der Waals surface area contributed by atoms with Crippen molar-refractivity contribution in [1.29, 1.82) is 0 Å². The lowest BCUT2D eigenvalue weighted by atomic mass is 10.1. The van der Waals surface area contributed by atoms with Crippen LogP contribution in [0.1, 0.15) is 12.8 Å². The van der Waals surface area contributed by atoms with E-state index in [1.165, 1.54) is 0 Å². The van der Waals surface area contributed by atoms with Gasteiger partial charge in [0.25, 0.3) is 0 Å². The number of hydrogen-bond donors (Lipinski definition) is 1. The summed E-state index contributed by atoms with van der Waals surface area (Å²) >= 11 is 0. The molecule has 2 fully saturated rings. The second-order valence-corrected chi connectivity index (χ2v) is 5.82. The number of hydrogen-bond acceptors (Lipinski definition) is 4. The maximum Gasteiger partial charge on any atom is 0.319 e. The van der Waals surface area contributed by atoms with Gasteiger partial charge in [0.15, 0.2) is 0 Å². The molecule has 19 heavy (non-hydrogen) atoms. The molecule has 1 heterocycles. The third-order valence-electron chi connectivity index (χ3n) is 4.09. The van der Waals surface area contributed by atoms with Crippen molar-refractivity contribution in [3.63, 3.8) is 0 Å². The van der Waals surface area contributed by atoms with Crippen LogP contribution >= 0.6 is 0 Å². The van der Waals surface area contributed by atoms with Crippen LogP contribution < -0.4 is 0 Å². The quantitative estimate of drug-likeness (QED) is 0.685. The average Bonchev–Trinajstić information content (AvgIpc) is 3.17. The minimum Gasteiger partial charge on any atom is -0.480 e. The van der Waals surface area contributed by atoms with Crippen molar-refractivity contribution in [3.05, 3.63) is 0 Å². The smallest absolute Gasteiger partial charge is 0.319 e. The number of nitrogens with zero attached hydrogens (tertiary/aromatic N) is 3. The van der Waals surface area contributed by atoms with Crippen LogP contribution in [0.4, 0.5) is 0 Å². The highest BCUT2D eigenvalue weighted by Gasteiger charge is 2.58. The van der Waals surface area contributed by atoms with Crippen molar-refractivity contribution < 1.29 is 14.7 Å². The fourth-order valence-corrected chi connectivity index (χ4v) is 2.46. The standard InChI is InChI=1S/C13H23N3O3/c1-14(2)5-6-15-7-9-16(10-8-15)11(17)13(3-4-13)12(18)19/h3-10H2,1-2H3,(H,18,19). The molecule has 6 heteroatoms. The second kappa shape index (κ2) is 5.46. The lowest BCUT2D eigenvalue weighted by Gasteiger charge is -2.36. The van der Waals surface area contributed by atoms with E-state index in [2.05, 4.69) is 9.80 Å². The Morgan fingerprint density at radius 1 is 1.16 bits per heavy atom. The summed E-state index contributed by atoms with van der Waals surface area (Å²) in [5.74, 6) is -1.13. The first kappa shape index (κ1) is 14.3. The van der Waals surface area contributed by atoms with Gasteiger partial charge in [-0.05, 0) is 26.9 Å². The Labute approximate surface area is 114 Å². The number of piperazine rings is 1. The summed E-state index contributed by atoms with van der Waals surface area (Å²) in [5.41, 5.74) is -1.08. The summed E-state index contributed by atoms with van der Waals surface area (Å²) in [5, 5.41) is 9.14. The number of likely N-dealkylation sites (N-methyl/N-ethyl adjacent to an activating group) is 1. The maximum absolute atomic E-state index is 12.2. The number of carboxylic acids is 1. The Kier molecular flexibility index (Phi) is 4.10. The SMILES string of the molecule is CN(C)CCN1CCN(C(=O)C2(C(=O)O)CC2)CC1. The number of aliphatic carboxylic acids is 1. The van der Waals surface area contributed by atoms with E-state index in [9.17, 15) is 9.59 Å². The van der Waals surface area contributed by atoms with Gasteiger partial charge in [0.2, 0.25) is 5.91 Å². The predicted molar refractivity (Wildman–Crippen MR) is 70.9 cm³/mol. The van der Waals surface area contributed by atoms with Crippen molar-refractivity contribution in [1.82, 2.24) is 14.7 Å². The minimum atomic E-state index is -1.08. The first-order valence-electron chi connectivity index (χ1n) is 6.85. The van der Waals surface area contributed by atoms with Crippen LogP contribution in [0.15, 0.2) is 0 Å². The van der Waals surface area contributed by atoms with E-state index in [4.69, 9.17) is 5.11 Å². The Morgan fingerprint density at radius 2 is 1.74 bits per heavy atom. The molecule has 0 unspecified atom stereocenters. The Hall–Kier alpha value is -1.14. The van der Waals surface area contributed by atoms with Gasteiger partial charge in [-0.15, -0.1) is 0 Å². The highest BCUT2D eigenvalue weighted by atomic mass is 16.4. The summed E-state index contributed by atoms with van der Waals surface area (Å²) in [6.45, 7) is 5.00. The van der Waals surface area contributed by atoms with E-state index in [1.54, 1.807) is 4.90 Å². The highest BCUT2D eigenvalue weighted by Crippen LogP contribution is 2.47. The number of amides is 1. The van der Waals surface area contributed by atoms with E-state index in [0.717, 1.165) is 26.2 Å². The van der Waals surface area contributed by atoms with E-state index in [-0.39, 0.29) is 5.91 Å². The molecule has 6 nitrogen and oxygen atoms in total. The molecule has 1 saturated carbocycles. The summed E-state index contributed by atoms with van der Waals surface area (Å²) in [6.07, 6.45) is 1.00. The minimum absolute atomic E-state index is 0.174. The van der Waals surface area contributed by atoms with Crippen LogP contribution in [0, 0.1) is 5.41 Å². The molecule has 1 aliphatic carbocycles. The van der Waals surface area contributed by atoms with Gasteiger partial charge in [-0.2, -0.15) is 0 Å². The molecular weight excluding hydrogens is 246 g/mol. The molecule has 1 N–H and O–H groups in total. The number of rotatable bonds is 5. The van der Waals surface area contributed by atoms with Gasteiger partial charge in [0.1, 0.15) is 5.41 Å². The molecule has 0 radical (unpaired) electrons. The molecule has 0 aromatic heterocycles. The molecular formula is C13H23N3O3. The first-order valence-corrected chi connectivity index (χ1v) is 6.85. The van der Waals surface area contributed by atoms with Gasteiger partial charge in [0.05, 0.1) is 0 Å². The first-order chi connectivity index (χ1) is 8.95. The number of carboxylic acid groups (broad SMARTS) is 1. The second-order valence-electron chi connectivity index (χ2n) is 5.82. The summed E-state index contributed by atoms with van der Waals surface area (Å²) in [7, 11) is 4.09. The molecule has 0 aromatic rings. The third kappa shape index (κ3) is 3.06.